The van der Waals surface area contributed by atoms with Gasteiger partial charge in [0.2, 0.25) is 0 Å². The van der Waals surface area contributed by atoms with E-state index < -0.39 is 0 Å². The molecular weight excluding hydrogens is 368 g/mol. The molecule has 1 aliphatic rings. The van der Waals surface area contributed by atoms with Crippen LogP contribution in [0.4, 0.5) is 0 Å². The van der Waals surface area contributed by atoms with Crippen LogP contribution < -0.4 is 4.74 Å². The molecule has 30 heavy (non-hydrogen) atoms. The van der Waals surface area contributed by atoms with Gasteiger partial charge in [-0.25, -0.2) is 0 Å². The van der Waals surface area contributed by atoms with Gasteiger partial charge >= 0.3 is 0 Å². The normalized spacial score (nSPS) is 21.2. The Balaban J connectivity index is 1.80. The third-order valence-corrected chi connectivity index (χ3v) is 7.05. The van der Waals surface area contributed by atoms with Crippen molar-refractivity contribution in [1.29, 1.82) is 0 Å². The Labute approximate surface area is 179 Å². The van der Waals surface area contributed by atoms with Gasteiger partial charge in [-0.05, 0) is 77.8 Å². The molecule has 0 bridgehead atoms. The molecule has 1 saturated carbocycles. The minimum absolute atomic E-state index is 0.0921. The maximum Gasteiger partial charge on any atom is 0.150 e. The summed E-state index contributed by atoms with van der Waals surface area (Å²) in [5.74, 6) is 1.56. The fourth-order valence-corrected chi connectivity index (χ4v) is 5.18. The van der Waals surface area contributed by atoms with Gasteiger partial charge in [-0.3, -0.25) is 4.79 Å². The second kappa shape index (κ2) is 8.10. The van der Waals surface area contributed by atoms with Crippen molar-refractivity contribution in [1.82, 2.24) is 0 Å². The lowest BCUT2D eigenvalue weighted by molar-refractivity contribution is 0.112. The van der Waals surface area contributed by atoms with E-state index in [1.54, 1.807) is 7.11 Å². The summed E-state index contributed by atoms with van der Waals surface area (Å²) in [7, 11) is 1.77. The summed E-state index contributed by atoms with van der Waals surface area (Å²) in [5.41, 5.74) is 5.86. The summed E-state index contributed by atoms with van der Waals surface area (Å²) >= 11 is 0. The Hall–Kier alpha value is -2.87. The molecule has 3 aromatic carbocycles. The molecule has 0 heterocycles. The monoisotopic (exact) mass is 398 g/mol. The highest BCUT2D eigenvalue weighted by atomic mass is 16.5. The molecule has 4 rings (SSSR count). The van der Waals surface area contributed by atoms with Crippen LogP contribution in [0.2, 0.25) is 0 Å². The summed E-state index contributed by atoms with van der Waals surface area (Å²) in [5, 5.41) is 2.22. The number of carbonyl (C=O) groups is 1. The third kappa shape index (κ3) is 3.45. The van der Waals surface area contributed by atoms with Crippen LogP contribution in [-0.2, 0) is 5.41 Å². The van der Waals surface area contributed by atoms with Crippen LogP contribution in [0.5, 0.6) is 5.75 Å². The maximum absolute atomic E-state index is 11.1. The number of hydrogen-bond acceptors (Lipinski definition) is 2. The number of methoxy groups -OCH3 is 1. The van der Waals surface area contributed by atoms with Crippen molar-refractivity contribution in [2.45, 2.75) is 44.9 Å². The molecule has 1 aliphatic carbocycles. The molecule has 0 saturated heterocycles. The van der Waals surface area contributed by atoms with Crippen LogP contribution in [0.15, 0.2) is 66.7 Å². The molecule has 0 radical (unpaired) electrons. The van der Waals surface area contributed by atoms with E-state index in [0.717, 1.165) is 48.5 Å². The van der Waals surface area contributed by atoms with Gasteiger partial charge < -0.3 is 4.74 Å². The highest BCUT2D eigenvalue weighted by Crippen LogP contribution is 2.52. The van der Waals surface area contributed by atoms with Gasteiger partial charge in [0.1, 0.15) is 12.0 Å². The lowest BCUT2D eigenvalue weighted by Crippen LogP contribution is -2.22. The van der Waals surface area contributed by atoms with Crippen LogP contribution in [0.3, 0.4) is 0 Å². The fourth-order valence-electron chi connectivity index (χ4n) is 5.18. The SMILES string of the molecule is C=C1CC(CC)(c2cc(-c3ccc4cc(C=O)ccc4c3)ccc2OC)CC1CC. The lowest BCUT2D eigenvalue weighted by Gasteiger charge is -2.31. The molecule has 0 aromatic heterocycles. The van der Waals surface area contributed by atoms with E-state index in [4.69, 9.17) is 4.74 Å². The second-order valence-corrected chi connectivity index (χ2v) is 8.63. The number of ether oxygens (including phenoxy) is 1. The standard InChI is InChI=1S/C28H30O2/c1-5-21-17-28(6-2,16-19(21)3)26-15-25(11-12-27(26)30-4)24-10-9-22-13-20(18-29)7-8-23(22)14-24/h7-15,18,21H,3,5-6,16-17H2,1-2,4H3. The minimum atomic E-state index is 0.0921. The molecule has 0 N–H and O–H groups in total. The lowest BCUT2D eigenvalue weighted by atomic mass is 9.74. The van der Waals surface area contributed by atoms with Crippen LogP contribution in [-0.4, -0.2) is 13.4 Å². The van der Waals surface area contributed by atoms with Gasteiger partial charge in [-0.15, -0.1) is 0 Å². The first-order valence-electron chi connectivity index (χ1n) is 10.9. The molecule has 0 amide bonds. The summed E-state index contributed by atoms with van der Waals surface area (Å²) in [6.07, 6.45) is 5.30. The van der Waals surface area contributed by atoms with E-state index in [1.807, 2.05) is 18.2 Å². The number of carbonyl (C=O) groups excluding carboxylic acids is 1. The summed E-state index contributed by atoms with van der Waals surface area (Å²) in [6, 6.07) is 18.9. The molecular formula is C28H30O2. The summed E-state index contributed by atoms with van der Waals surface area (Å²) in [6.45, 7) is 8.95. The Kier molecular flexibility index (Phi) is 5.51. The Bertz CT molecular complexity index is 1110. The van der Waals surface area contributed by atoms with E-state index in [9.17, 15) is 4.79 Å². The van der Waals surface area contributed by atoms with Gasteiger partial charge in [0.25, 0.3) is 0 Å². The molecule has 2 atom stereocenters. The first-order valence-corrected chi connectivity index (χ1v) is 10.9. The summed E-state index contributed by atoms with van der Waals surface area (Å²) < 4.78 is 5.81. The molecule has 2 heteroatoms. The predicted molar refractivity (Wildman–Crippen MR) is 125 cm³/mol. The average Bonchev–Trinajstić information content (AvgIpc) is 3.14. The highest BCUT2D eigenvalue weighted by molar-refractivity contribution is 5.91. The van der Waals surface area contributed by atoms with E-state index in [-0.39, 0.29) is 5.41 Å². The van der Waals surface area contributed by atoms with Crippen LogP contribution in [0, 0.1) is 5.92 Å². The number of fused-ring (bicyclic) bond motifs is 1. The topological polar surface area (TPSA) is 26.3 Å². The number of benzene rings is 3. The van der Waals surface area contributed by atoms with Crippen molar-refractivity contribution in [3.63, 3.8) is 0 Å². The number of hydrogen-bond donors (Lipinski definition) is 0. The van der Waals surface area contributed by atoms with E-state index in [2.05, 4.69) is 56.8 Å². The first kappa shape index (κ1) is 20.4. The van der Waals surface area contributed by atoms with Crippen molar-refractivity contribution >= 4 is 17.1 Å². The van der Waals surface area contributed by atoms with Crippen LogP contribution >= 0.6 is 0 Å². The molecule has 3 aromatic rings. The molecule has 0 spiro atoms. The number of allylic oxidation sites excluding steroid dienone is 1. The molecule has 2 unspecified atom stereocenters. The zero-order chi connectivity index (χ0) is 21.3. The molecule has 0 aliphatic heterocycles. The van der Waals surface area contributed by atoms with E-state index in [1.165, 1.54) is 22.3 Å². The van der Waals surface area contributed by atoms with E-state index >= 15 is 0 Å². The smallest absolute Gasteiger partial charge is 0.150 e. The van der Waals surface area contributed by atoms with Gasteiger partial charge in [0.05, 0.1) is 7.11 Å². The van der Waals surface area contributed by atoms with Crippen LogP contribution in [0.1, 0.15) is 55.5 Å². The zero-order valence-corrected chi connectivity index (χ0v) is 18.2. The van der Waals surface area contributed by atoms with Crippen molar-refractivity contribution in [3.05, 3.63) is 77.9 Å². The largest absolute Gasteiger partial charge is 0.496 e. The molecule has 154 valence electrons. The van der Waals surface area contributed by atoms with Crippen LogP contribution in [0.25, 0.3) is 21.9 Å². The minimum Gasteiger partial charge on any atom is -0.496 e. The van der Waals surface area contributed by atoms with Gasteiger partial charge in [-0.2, -0.15) is 0 Å². The fraction of sp³-hybridized carbons (Fsp3) is 0.321. The molecule has 1 fully saturated rings. The van der Waals surface area contributed by atoms with Crippen molar-refractivity contribution in [2.75, 3.05) is 7.11 Å². The van der Waals surface area contributed by atoms with E-state index in [0.29, 0.717) is 11.5 Å². The third-order valence-electron chi connectivity index (χ3n) is 7.05. The maximum atomic E-state index is 11.1. The Morgan fingerprint density at radius 2 is 1.73 bits per heavy atom. The number of aldehydes is 1. The zero-order valence-electron chi connectivity index (χ0n) is 18.2. The summed E-state index contributed by atoms with van der Waals surface area (Å²) in [4.78, 5) is 11.1. The Morgan fingerprint density at radius 3 is 2.40 bits per heavy atom. The van der Waals surface area contributed by atoms with Crippen molar-refractivity contribution in [3.8, 4) is 16.9 Å². The van der Waals surface area contributed by atoms with Gasteiger partial charge in [0.15, 0.2) is 0 Å². The van der Waals surface area contributed by atoms with Gasteiger partial charge in [-0.1, -0.05) is 56.3 Å². The van der Waals surface area contributed by atoms with Gasteiger partial charge in [0, 0.05) is 16.5 Å². The van der Waals surface area contributed by atoms with Crippen molar-refractivity contribution in [2.24, 2.45) is 5.92 Å². The Morgan fingerprint density at radius 1 is 1.03 bits per heavy atom. The molecule has 2 nitrogen and oxygen atoms in total. The van der Waals surface area contributed by atoms with Crippen molar-refractivity contribution < 1.29 is 9.53 Å². The number of rotatable bonds is 6. The quantitative estimate of drug-likeness (QED) is 0.320. The predicted octanol–water partition coefficient (Wildman–Crippen LogP) is 7.35. The first-order chi connectivity index (χ1) is 14.5. The average molecular weight is 399 g/mol. The second-order valence-electron chi connectivity index (χ2n) is 8.63. The highest BCUT2D eigenvalue weighted by Gasteiger charge is 2.42.